The molecule has 0 aliphatic carbocycles. The first-order valence-electron chi connectivity index (χ1n) is 9.77. The van der Waals surface area contributed by atoms with Gasteiger partial charge in [0.25, 0.3) is 0 Å². The quantitative estimate of drug-likeness (QED) is 0.505. The smallest absolute Gasteiger partial charge is 0.456 e. The van der Waals surface area contributed by atoms with Crippen LogP contribution in [0.25, 0.3) is 28.0 Å². The first kappa shape index (κ1) is 20.3. The average molecular weight is 408 g/mol. The molecule has 1 fully saturated rings. The second-order valence-corrected chi connectivity index (χ2v) is 9.59. The largest absolute Gasteiger partial charge is 0.491 e. The molecule has 1 saturated heterocycles. The van der Waals surface area contributed by atoms with E-state index in [-0.39, 0.29) is 5.12 Å². The first-order valence-corrected chi connectivity index (χ1v) is 10.8. The van der Waals surface area contributed by atoms with Gasteiger partial charge in [-0.2, -0.15) is 0 Å². The molecule has 0 N–H and O–H groups in total. The van der Waals surface area contributed by atoms with Crippen molar-refractivity contribution in [1.29, 1.82) is 0 Å². The highest BCUT2D eigenvalue weighted by Crippen LogP contribution is 2.39. The van der Waals surface area contributed by atoms with Crippen LogP contribution >= 0.6 is 11.8 Å². The van der Waals surface area contributed by atoms with Gasteiger partial charge in [0.1, 0.15) is 11.2 Å². The fraction of sp³-hybridized carbons (Fsp3) is 0.348. The monoisotopic (exact) mass is 408 g/mol. The van der Waals surface area contributed by atoms with Crippen LogP contribution in [0.2, 0.25) is 0 Å². The number of fused-ring (bicyclic) bond motifs is 3. The summed E-state index contributed by atoms with van der Waals surface area (Å²) < 4.78 is 18.4. The molecule has 150 valence electrons. The lowest BCUT2D eigenvalue weighted by Gasteiger charge is -2.32. The van der Waals surface area contributed by atoms with Crippen molar-refractivity contribution in [2.45, 2.75) is 45.8 Å². The van der Waals surface area contributed by atoms with Crippen LogP contribution in [0.1, 0.15) is 40.2 Å². The molecular weight excluding hydrogens is 383 g/mol. The molecule has 29 heavy (non-hydrogen) atoms. The zero-order valence-electron chi connectivity index (χ0n) is 17.4. The molecule has 0 spiro atoms. The molecule has 6 heteroatoms. The van der Waals surface area contributed by atoms with Crippen LogP contribution in [0, 0.1) is 0 Å². The van der Waals surface area contributed by atoms with Gasteiger partial charge in [-0.05, 0) is 56.9 Å². The summed E-state index contributed by atoms with van der Waals surface area (Å²) in [5.41, 5.74) is 2.85. The molecule has 4 rings (SSSR count). The Balaban J connectivity index is 1.74. The number of carbonyl (C=O) groups excluding carboxylic acids is 1. The highest BCUT2D eigenvalue weighted by Gasteiger charge is 2.52. The predicted octanol–water partition coefficient (Wildman–Crippen LogP) is 5.88. The topological polar surface area (TPSA) is 48.7 Å². The van der Waals surface area contributed by atoms with E-state index in [0.717, 1.165) is 33.0 Å². The molecule has 0 saturated carbocycles. The molecule has 1 aliphatic rings. The maximum atomic E-state index is 11.6. The summed E-state index contributed by atoms with van der Waals surface area (Å²) >= 11 is 1.27. The molecule has 1 aromatic heterocycles. The van der Waals surface area contributed by atoms with E-state index < -0.39 is 18.3 Å². The van der Waals surface area contributed by atoms with Crippen LogP contribution in [0.4, 0.5) is 0 Å². The Labute approximate surface area is 175 Å². The van der Waals surface area contributed by atoms with Gasteiger partial charge in [-0.3, -0.25) is 4.79 Å². The molecule has 1 aliphatic heterocycles. The lowest BCUT2D eigenvalue weighted by atomic mass is 9.78. The summed E-state index contributed by atoms with van der Waals surface area (Å²) in [5.74, 6) is 0.524. The summed E-state index contributed by atoms with van der Waals surface area (Å²) in [6, 6.07) is 14.2. The summed E-state index contributed by atoms with van der Waals surface area (Å²) in [5, 5.41) is 2.23. The molecule has 0 amide bonds. The Morgan fingerprint density at radius 1 is 1.00 bits per heavy atom. The standard InChI is InChI=1S/C23H25BO4S/c1-15(25)29-14-17(24-27-22(2,3)23(4,5)28-24)12-16-10-11-21-19(13-16)18-8-6-7-9-20(18)26-21/h6-13H,14H2,1-5H3. The van der Waals surface area contributed by atoms with Crippen LogP contribution in [0.5, 0.6) is 0 Å². The van der Waals surface area contributed by atoms with E-state index in [0.29, 0.717) is 5.75 Å². The van der Waals surface area contributed by atoms with Gasteiger partial charge in [0.2, 0.25) is 0 Å². The van der Waals surface area contributed by atoms with Crippen molar-refractivity contribution < 1.29 is 18.5 Å². The summed E-state index contributed by atoms with van der Waals surface area (Å²) in [6.45, 7) is 9.72. The van der Waals surface area contributed by atoms with Crippen molar-refractivity contribution in [3.05, 3.63) is 53.5 Å². The van der Waals surface area contributed by atoms with E-state index in [1.165, 1.54) is 11.8 Å². The zero-order valence-corrected chi connectivity index (χ0v) is 18.3. The van der Waals surface area contributed by atoms with Gasteiger partial charge in [-0.15, -0.1) is 0 Å². The van der Waals surface area contributed by atoms with Crippen LogP contribution in [0.15, 0.2) is 52.4 Å². The number of para-hydroxylation sites is 1. The SMILES string of the molecule is CC(=O)SCC(=Cc1ccc2oc3ccccc3c2c1)B1OC(C)(C)C(C)(C)O1. The van der Waals surface area contributed by atoms with Crippen LogP contribution in [-0.2, 0) is 14.1 Å². The Morgan fingerprint density at radius 2 is 1.66 bits per heavy atom. The average Bonchev–Trinajstić information content (AvgIpc) is 3.11. The minimum Gasteiger partial charge on any atom is -0.456 e. The number of carbonyl (C=O) groups is 1. The Morgan fingerprint density at radius 3 is 2.34 bits per heavy atom. The van der Waals surface area contributed by atoms with E-state index in [1.807, 2.05) is 58.0 Å². The third-order valence-electron chi connectivity index (χ3n) is 5.75. The second-order valence-electron chi connectivity index (χ2n) is 8.44. The maximum absolute atomic E-state index is 11.6. The van der Waals surface area contributed by atoms with Crippen LogP contribution < -0.4 is 0 Å². The van der Waals surface area contributed by atoms with E-state index in [2.05, 4.69) is 18.2 Å². The Kier molecular flexibility index (Phi) is 5.13. The highest BCUT2D eigenvalue weighted by atomic mass is 32.2. The number of thioether (sulfide) groups is 1. The minimum absolute atomic E-state index is 0.0729. The summed E-state index contributed by atoms with van der Waals surface area (Å²) in [6.07, 6.45) is 2.07. The maximum Gasteiger partial charge on any atom is 0.491 e. The predicted molar refractivity (Wildman–Crippen MR) is 121 cm³/mol. The van der Waals surface area contributed by atoms with Crippen molar-refractivity contribution in [3.8, 4) is 0 Å². The molecule has 0 bridgehead atoms. The van der Waals surface area contributed by atoms with Crippen LogP contribution in [0.3, 0.4) is 0 Å². The van der Waals surface area contributed by atoms with Gasteiger partial charge in [0.15, 0.2) is 5.12 Å². The first-order chi connectivity index (χ1) is 13.7. The van der Waals surface area contributed by atoms with Gasteiger partial charge in [-0.25, -0.2) is 0 Å². The fourth-order valence-corrected chi connectivity index (χ4v) is 3.99. The molecular formula is C23H25BO4S. The van der Waals surface area contributed by atoms with E-state index >= 15 is 0 Å². The highest BCUT2D eigenvalue weighted by molar-refractivity contribution is 8.13. The van der Waals surface area contributed by atoms with Crippen molar-refractivity contribution in [2.75, 3.05) is 5.75 Å². The number of hydrogen-bond donors (Lipinski definition) is 0. The molecule has 0 unspecified atom stereocenters. The van der Waals surface area contributed by atoms with Crippen molar-refractivity contribution in [3.63, 3.8) is 0 Å². The Hall–Kier alpha value is -2.02. The van der Waals surface area contributed by atoms with E-state index in [4.69, 9.17) is 13.7 Å². The van der Waals surface area contributed by atoms with Crippen molar-refractivity contribution >= 4 is 52.0 Å². The number of benzene rings is 2. The van der Waals surface area contributed by atoms with Crippen molar-refractivity contribution in [1.82, 2.24) is 0 Å². The lowest BCUT2D eigenvalue weighted by molar-refractivity contribution is -0.109. The number of furan rings is 1. The molecule has 2 aromatic carbocycles. The molecule has 3 aromatic rings. The number of hydrogen-bond acceptors (Lipinski definition) is 5. The van der Waals surface area contributed by atoms with Gasteiger partial charge in [0.05, 0.1) is 11.2 Å². The lowest BCUT2D eigenvalue weighted by Crippen LogP contribution is -2.41. The third-order valence-corrected chi connectivity index (χ3v) is 6.64. The minimum atomic E-state index is -0.483. The van der Waals surface area contributed by atoms with E-state index in [1.54, 1.807) is 6.92 Å². The Bertz CT molecular complexity index is 1100. The molecule has 2 heterocycles. The van der Waals surface area contributed by atoms with Gasteiger partial charge in [0, 0.05) is 23.4 Å². The molecule has 4 nitrogen and oxygen atoms in total. The molecule has 0 radical (unpaired) electrons. The summed E-state index contributed by atoms with van der Waals surface area (Å²) in [7, 11) is -0.483. The second kappa shape index (κ2) is 7.35. The normalized spacial score (nSPS) is 18.7. The van der Waals surface area contributed by atoms with Gasteiger partial charge in [-0.1, -0.05) is 42.1 Å². The molecule has 0 atom stereocenters. The number of rotatable bonds is 4. The van der Waals surface area contributed by atoms with Gasteiger partial charge >= 0.3 is 7.12 Å². The third kappa shape index (κ3) is 3.89. The fourth-order valence-electron chi connectivity index (χ4n) is 3.40. The zero-order chi connectivity index (χ0) is 20.8. The van der Waals surface area contributed by atoms with Gasteiger partial charge < -0.3 is 13.7 Å². The van der Waals surface area contributed by atoms with Crippen LogP contribution in [-0.4, -0.2) is 29.2 Å². The van der Waals surface area contributed by atoms with Crippen molar-refractivity contribution in [2.24, 2.45) is 0 Å². The summed E-state index contributed by atoms with van der Waals surface area (Å²) in [4.78, 5) is 11.6. The van der Waals surface area contributed by atoms with E-state index in [9.17, 15) is 4.79 Å².